The number of amides is 1. The Balaban J connectivity index is 2.15. The predicted molar refractivity (Wildman–Crippen MR) is 70.4 cm³/mol. The summed E-state index contributed by atoms with van der Waals surface area (Å²) < 4.78 is 0. The molecule has 0 spiro atoms. The van der Waals surface area contributed by atoms with Gasteiger partial charge in [0.25, 0.3) is 5.91 Å². The van der Waals surface area contributed by atoms with Crippen molar-refractivity contribution in [1.82, 2.24) is 9.88 Å². The minimum Gasteiger partial charge on any atom is -0.394 e. The first kappa shape index (κ1) is 13.5. The summed E-state index contributed by atoms with van der Waals surface area (Å²) in [6.07, 6.45) is 0.932. The number of hydrogen-bond donors (Lipinski definition) is 2. The third-order valence-corrected chi connectivity index (χ3v) is 4.51. The quantitative estimate of drug-likeness (QED) is 0.858. The lowest BCUT2D eigenvalue weighted by Crippen LogP contribution is -2.40. The molecule has 3 N–H and O–H groups in total. The molecular formula is C12H19N3O2S. The topological polar surface area (TPSA) is 79.5 Å². The minimum atomic E-state index is -0.150. The first-order valence-corrected chi connectivity index (χ1v) is 7.05. The molecule has 1 fully saturated rings. The number of likely N-dealkylation sites (tertiary alicyclic amines) is 1. The van der Waals surface area contributed by atoms with Gasteiger partial charge < -0.3 is 15.7 Å². The number of rotatable bonds is 3. The molecule has 6 heteroatoms. The Morgan fingerprint density at radius 2 is 2.50 bits per heavy atom. The largest absolute Gasteiger partial charge is 0.394 e. The first-order valence-electron chi connectivity index (χ1n) is 6.17. The maximum absolute atomic E-state index is 12.3. The van der Waals surface area contributed by atoms with Gasteiger partial charge in [-0.2, -0.15) is 0 Å². The van der Waals surface area contributed by atoms with Crippen LogP contribution in [0.5, 0.6) is 0 Å². The van der Waals surface area contributed by atoms with E-state index >= 15 is 0 Å². The van der Waals surface area contributed by atoms with Crippen LogP contribution >= 0.6 is 11.3 Å². The van der Waals surface area contributed by atoms with E-state index in [1.807, 2.05) is 6.92 Å². The molecular weight excluding hydrogens is 250 g/mol. The van der Waals surface area contributed by atoms with Crippen LogP contribution in [0.2, 0.25) is 0 Å². The number of nitrogens with two attached hydrogens (primary N) is 1. The third-order valence-electron chi connectivity index (χ3n) is 3.46. The molecule has 5 nitrogen and oxygen atoms in total. The maximum atomic E-state index is 12.3. The van der Waals surface area contributed by atoms with Crippen molar-refractivity contribution in [2.45, 2.75) is 32.4 Å². The second-order valence-corrected chi connectivity index (χ2v) is 5.76. The van der Waals surface area contributed by atoms with E-state index in [-0.39, 0.29) is 24.6 Å². The molecule has 3 unspecified atom stereocenters. The van der Waals surface area contributed by atoms with E-state index in [2.05, 4.69) is 11.9 Å². The van der Waals surface area contributed by atoms with Gasteiger partial charge >= 0.3 is 0 Å². The van der Waals surface area contributed by atoms with Crippen molar-refractivity contribution in [3.8, 4) is 0 Å². The van der Waals surface area contributed by atoms with Crippen LogP contribution in [0, 0.1) is 5.92 Å². The van der Waals surface area contributed by atoms with E-state index in [1.54, 1.807) is 10.3 Å². The molecule has 18 heavy (non-hydrogen) atoms. The predicted octanol–water partition coefficient (Wildman–Crippen LogP) is 1.01. The van der Waals surface area contributed by atoms with Crippen molar-refractivity contribution in [2.24, 2.45) is 11.7 Å². The molecule has 2 heterocycles. The van der Waals surface area contributed by atoms with E-state index in [4.69, 9.17) is 5.73 Å². The van der Waals surface area contributed by atoms with E-state index in [9.17, 15) is 9.90 Å². The molecule has 1 aromatic heterocycles. The average molecular weight is 269 g/mol. The van der Waals surface area contributed by atoms with Crippen molar-refractivity contribution in [1.29, 1.82) is 0 Å². The smallest absolute Gasteiger partial charge is 0.273 e. The highest BCUT2D eigenvalue weighted by Crippen LogP contribution is 2.26. The molecule has 1 aliphatic rings. The zero-order valence-electron chi connectivity index (χ0n) is 10.7. The summed E-state index contributed by atoms with van der Waals surface area (Å²) in [6, 6.07) is -0.236. The second kappa shape index (κ2) is 5.34. The van der Waals surface area contributed by atoms with Crippen LogP contribution in [0.3, 0.4) is 0 Å². The number of carbonyl (C=O) groups excluding carboxylic acids is 1. The monoisotopic (exact) mass is 269 g/mol. The molecule has 2 rings (SSSR count). The number of aliphatic hydroxyl groups excluding tert-OH is 1. The van der Waals surface area contributed by atoms with Gasteiger partial charge in [0.15, 0.2) is 0 Å². The minimum absolute atomic E-state index is 0.0111. The van der Waals surface area contributed by atoms with E-state index in [1.165, 1.54) is 11.3 Å². The van der Waals surface area contributed by atoms with Gasteiger partial charge in [-0.1, -0.05) is 6.92 Å². The Morgan fingerprint density at radius 1 is 1.78 bits per heavy atom. The van der Waals surface area contributed by atoms with E-state index in [0.717, 1.165) is 11.4 Å². The normalized spacial score (nSPS) is 25.4. The summed E-state index contributed by atoms with van der Waals surface area (Å²) in [5, 5.41) is 11.9. The van der Waals surface area contributed by atoms with Crippen molar-refractivity contribution in [3.05, 3.63) is 16.1 Å². The average Bonchev–Trinajstić information content (AvgIpc) is 2.94. The molecule has 0 radical (unpaired) electrons. The lowest BCUT2D eigenvalue weighted by atomic mass is 10.0. The van der Waals surface area contributed by atoms with Crippen molar-refractivity contribution in [2.75, 3.05) is 13.2 Å². The number of carbonyl (C=O) groups is 1. The fourth-order valence-electron chi connectivity index (χ4n) is 2.28. The van der Waals surface area contributed by atoms with E-state index in [0.29, 0.717) is 18.2 Å². The van der Waals surface area contributed by atoms with Crippen LogP contribution in [0.25, 0.3) is 0 Å². The standard InChI is InChI=1S/C12H19N3O2S/c1-7-3-4-15(10(7)5-16)12(17)9-6-18-11(14-9)8(2)13/h6-8,10,16H,3-5,13H2,1-2H3. The molecule has 0 aliphatic carbocycles. The summed E-state index contributed by atoms with van der Waals surface area (Å²) >= 11 is 1.41. The number of aromatic nitrogens is 1. The van der Waals surface area contributed by atoms with Crippen LogP contribution in [0.1, 0.15) is 41.8 Å². The Kier molecular flexibility index (Phi) is 3.99. The van der Waals surface area contributed by atoms with Gasteiger partial charge in [-0.3, -0.25) is 4.79 Å². The van der Waals surface area contributed by atoms with Crippen LogP contribution in [0.15, 0.2) is 5.38 Å². The molecule has 1 saturated heterocycles. The highest BCUT2D eigenvalue weighted by atomic mass is 32.1. The molecule has 100 valence electrons. The SMILES string of the molecule is CC(N)c1nc(C(=O)N2CCC(C)C2CO)cs1. The molecule has 0 bridgehead atoms. The van der Waals surface area contributed by atoms with Crippen LogP contribution in [-0.2, 0) is 0 Å². The third kappa shape index (κ3) is 2.41. The van der Waals surface area contributed by atoms with Crippen molar-refractivity contribution < 1.29 is 9.90 Å². The van der Waals surface area contributed by atoms with Gasteiger partial charge in [-0.25, -0.2) is 4.98 Å². The molecule has 0 aromatic carbocycles. The lowest BCUT2D eigenvalue weighted by Gasteiger charge is -2.24. The van der Waals surface area contributed by atoms with Gasteiger partial charge in [0.1, 0.15) is 10.7 Å². The molecule has 1 amide bonds. The summed E-state index contributed by atoms with van der Waals surface area (Å²) in [5.41, 5.74) is 6.18. The summed E-state index contributed by atoms with van der Waals surface area (Å²) in [7, 11) is 0. The molecule has 3 atom stereocenters. The number of aliphatic hydroxyl groups is 1. The second-order valence-electron chi connectivity index (χ2n) is 4.87. The van der Waals surface area contributed by atoms with Crippen molar-refractivity contribution in [3.63, 3.8) is 0 Å². The van der Waals surface area contributed by atoms with Gasteiger partial charge in [-0.05, 0) is 19.3 Å². The van der Waals surface area contributed by atoms with Crippen LogP contribution < -0.4 is 5.73 Å². The molecule has 1 aliphatic heterocycles. The van der Waals surface area contributed by atoms with Gasteiger partial charge in [-0.15, -0.1) is 11.3 Å². The zero-order chi connectivity index (χ0) is 13.3. The van der Waals surface area contributed by atoms with E-state index < -0.39 is 0 Å². The Labute approximate surface area is 111 Å². The van der Waals surface area contributed by atoms with Gasteiger partial charge in [0, 0.05) is 11.9 Å². The highest BCUT2D eigenvalue weighted by molar-refractivity contribution is 7.09. The summed E-state index contributed by atoms with van der Waals surface area (Å²) in [5.74, 6) is 0.243. The Hall–Kier alpha value is -0.980. The first-order chi connectivity index (χ1) is 8.54. The van der Waals surface area contributed by atoms with Crippen molar-refractivity contribution >= 4 is 17.2 Å². The Morgan fingerprint density at radius 3 is 3.06 bits per heavy atom. The fourth-order valence-corrected chi connectivity index (χ4v) is 3.03. The lowest BCUT2D eigenvalue weighted by molar-refractivity contribution is 0.0643. The maximum Gasteiger partial charge on any atom is 0.273 e. The number of thiazole rings is 1. The highest BCUT2D eigenvalue weighted by Gasteiger charge is 2.35. The van der Waals surface area contributed by atoms with Crippen LogP contribution in [0.4, 0.5) is 0 Å². The fraction of sp³-hybridized carbons (Fsp3) is 0.667. The van der Waals surface area contributed by atoms with Crippen LogP contribution in [-0.4, -0.2) is 40.1 Å². The Bertz CT molecular complexity index is 433. The zero-order valence-corrected chi connectivity index (χ0v) is 11.5. The van der Waals surface area contributed by atoms with Gasteiger partial charge in [0.2, 0.25) is 0 Å². The molecule has 1 aromatic rings. The summed E-state index contributed by atoms with van der Waals surface area (Å²) in [6.45, 7) is 4.61. The molecule has 0 saturated carbocycles. The number of nitrogens with zero attached hydrogens (tertiary/aromatic N) is 2. The summed E-state index contributed by atoms with van der Waals surface area (Å²) in [4.78, 5) is 18.3. The van der Waals surface area contributed by atoms with Gasteiger partial charge in [0.05, 0.1) is 18.7 Å². The number of hydrogen-bond acceptors (Lipinski definition) is 5.